The van der Waals surface area contributed by atoms with Crippen molar-refractivity contribution >= 4 is 17.3 Å². The molecule has 3 aromatic carbocycles. The first kappa shape index (κ1) is 31.8. The topological polar surface area (TPSA) is 163 Å². The van der Waals surface area contributed by atoms with E-state index in [9.17, 15) is 39.2 Å². The first-order valence-corrected chi connectivity index (χ1v) is 15.3. The normalized spacial score (nSPS) is 27.0. The molecule has 1 saturated carbocycles. The molecule has 46 heavy (non-hydrogen) atoms. The molecule has 11 heteroatoms. The van der Waals surface area contributed by atoms with Gasteiger partial charge in [0.2, 0.25) is 5.78 Å². The van der Waals surface area contributed by atoms with E-state index in [1.807, 2.05) is 6.92 Å². The molecule has 0 radical (unpaired) electrons. The van der Waals surface area contributed by atoms with Gasteiger partial charge in [-0.3, -0.25) is 14.4 Å². The van der Waals surface area contributed by atoms with Gasteiger partial charge in [0.05, 0.1) is 42.1 Å². The molecule has 3 aliphatic carbocycles. The number of carbonyl (C=O) groups is 3. The summed E-state index contributed by atoms with van der Waals surface area (Å²) in [6.07, 6.45) is -2.37. The summed E-state index contributed by atoms with van der Waals surface area (Å²) in [7, 11) is 1.35. The number of hydrogen-bond donors (Lipinski definition) is 5. The van der Waals surface area contributed by atoms with Crippen molar-refractivity contribution < 1.29 is 48.7 Å². The van der Waals surface area contributed by atoms with Crippen molar-refractivity contribution in [3.63, 3.8) is 0 Å². The fraction of sp³-hybridized carbons (Fsp3) is 0.400. The Morgan fingerprint density at radius 3 is 2.39 bits per heavy atom. The van der Waals surface area contributed by atoms with Gasteiger partial charge < -0.3 is 35.2 Å². The summed E-state index contributed by atoms with van der Waals surface area (Å²) < 4.78 is 25.2. The molecule has 6 rings (SSSR count). The average molecular weight is 634 g/mol. The zero-order valence-corrected chi connectivity index (χ0v) is 25.7. The van der Waals surface area contributed by atoms with Crippen LogP contribution < -0.4 is 10.1 Å². The number of aliphatic hydroxyl groups is 2. The summed E-state index contributed by atoms with van der Waals surface area (Å²) in [5.74, 6) is -3.64. The second-order valence-electron chi connectivity index (χ2n) is 12.6. The monoisotopic (exact) mass is 633 g/mol. The maximum absolute atomic E-state index is 13.8. The second-order valence-corrected chi connectivity index (χ2v) is 12.6. The lowest BCUT2D eigenvalue weighted by Gasteiger charge is -2.43. The van der Waals surface area contributed by atoms with Crippen LogP contribution in [0.5, 0.6) is 17.2 Å². The quantitative estimate of drug-likeness (QED) is 0.190. The average Bonchev–Trinajstić information content (AvgIpc) is 3.02. The van der Waals surface area contributed by atoms with E-state index >= 15 is 0 Å². The largest absolute Gasteiger partial charge is 0.507 e. The van der Waals surface area contributed by atoms with Crippen molar-refractivity contribution in [2.24, 2.45) is 5.92 Å². The highest BCUT2D eigenvalue weighted by molar-refractivity contribution is 6.31. The molecule has 0 amide bonds. The minimum Gasteiger partial charge on any atom is -0.507 e. The third kappa shape index (κ3) is 5.27. The number of halogens is 1. The van der Waals surface area contributed by atoms with Gasteiger partial charge in [0.25, 0.3) is 0 Å². The molecule has 10 nitrogen and oxygen atoms in total. The first-order valence-electron chi connectivity index (χ1n) is 15.3. The van der Waals surface area contributed by atoms with Crippen LogP contribution in [-0.4, -0.2) is 68.7 Å². The molecule has 6 atom stereocenters. The zero-order chi connectivity index (χ0) is 33.1. The Morgan fingerprint density at radius 1 is 1.02 bits per heavy atom. The third-order valence-electron chi connectivity index (χ3n) is 9.72. The third-order valence-corrected chi connectivity index (χ3v) is 9.72. The Kier molecular flexibility index (Phi) is 8.22. The van der Waals surface area contributed by atoms with E-state index in [1.165, 1.54) is 44.4 Å². The Balaban J connectivity index is 1.38. The molecule has 3 aromatic rings. The number of rotatable bonds is 7. The molecule has 0 aromatic heterocycles. The van der Waals surface area contributed by atoms with Gasteiger partial charge in [-0.25, -0.2) is 4.39 Å². The molecular weight excluding hydrogens is 597 g/mol. The predicted octanol–water partition coefficient (Wildman–Crippen LogP) is 3.66. The number of hydrogen-bond acceptors (Lipinski definition) is 10. The van der Waals surface area contributed by atoms with Crippen LogP contribution in [0.25, 0.3) is 0 Å². The fourth-order valence-electron chi connectivity index (χ4n) is 7.17. The van der Waals surface area contributed by atoms with Crippen LogP contribution in [0.1, 0.15) is 87.7 Å². The SMILES string of the molecule is COc1cccc2c1C(=O)c1c(O)c3c(c(O)c1C2=O)C[C@@](O)(C(C)=O)C[C@@H]3OC1CC(C)C(O)C(NCc2ccc(F)cc2)C1. The highest BCUT2D eigenvalue weighted by Crippen LogP contribution is 2.52. The van der Waals surface area contributed by atoms with Crippen molar-refractivity contribution in [1.82, 2.24) is 5.32 Å². The summed E-state index contributed by atoms with van der Waals surface area (Å²) in [6.45, 7) is 3.44. The first-order chi connectivity index (χ1) is 21.8. The second kappa shape index (κ2) is 11.9. The Morgan fingerprint density at radius 2 is 1.72 bits per heavy atom. The van der Waals surface area contributed by atoms with Gasteiger partial charge >= 0.3 is 0 Å². The lowest BCUT2D eigenvalue weighted by atomic mass is 9.72. The molecule has 0 spiro atoms. The molecule has 4 unspecified atom stereocenters. The fourth-order valence-corrected chi connectivity index (χ4v) is 7.17. The van der Waals surface area contributed by atoms with Gasteiger partial charge in [-0.2, -0.15) is 0 Å². The predicted molar refractivity (Wildman–Crippen MR) is 163 cm³/mol. The van der Waals surface area contributed by atoms with E-state index in [0.29, 0.717) is 19.4 Å². The lowest BCUT2D eigenvalue weighted by molar-refractivity contribution is -0.147. The van der Waals surface area contributed by atoms with E-state index in [2.05, 4.69) is 5.32 Å². The number of methoxy groups -OCH3 is 1. The molecule has 0 heterocycles. The maximum atomic E-state index is 13.8. The van der Waals surface area contributed by atoms with E-state index in [0.717, 1.165) is 5.56 Å². The van der Waals surface area contributed by atoms with Gasteiger partial charge in [-0.15, -0.1) is 0 Å². The highest BCUT2D eigenvalue weighted by Gasteiger charge is 2.49. The highest BCUT2D eigenvalue weighted by atomic mass is 19.1. The van der Waals surface area contributed by atoms with Crippen molar-refractivity contribution in [2.45, 2.75) is 76.0 Å². The summed E-state index contributed by atoms with van der Waals surface area (Å²) in [4.78, 5) is 40.3. The number of carbonyl (C=O) groups excluding carboxylic acids is 3. The van der Waals surface area contributed by atoms with Crippen LogP contribution in [0.3, 0.4) is 0 Å². The van der Waals surface area contributed by atoms with E-state index < -0.39 is 76.4 Å². The number of phenols is 2. The lowest BCUT2D eigenvalue weighted by Crippen LogP contribution is -2.51. The van der Waals surface area contributed by atoms with Gasteiger partial charge in [-0.05, 0) is 49.4 Å². The number of aromatic hydroxyl groups is 2. The minimum absolute atomic E-state index is 0.00845. The minimum atomic E-state index is -1.99. The molecule has 0 bridgehead atoms. The van der Waals surface area contributed by atoms with Crippen LogP contribution in [0.2, 0.25) is 0 Å². The van der Waals surface area contributed by atoms with Crippen LogP contribution in [0.4, 0.5) is 4.39 Å². The Bertz CT molecular complexity index is 1740. The van der Waals surface area contributed by atoms with Crippen molar-refractivity contribution in [3.05, 3.63) is 87.2 Å². The summed E-state index contributed by atoms with van der Waals surface area (Å²) in [5, 5.41) is 49.0. The summed E-state index contributed by atoms with van der Waals surface area (Å²) in [5.41, 5.74) is -2.05. The molecule has 242 valence electrons. The van der Waals surface area contributed by atoms with Gasteiger partial charge in [0, 0.05) is 42.1 Å². The standard InChI is InChI=1S/C35H36FNO9/c1-16-11-20(12-23(30(16)39)37-15-18-7-9-19(36)10-8-18)46-25-14-35(44,17(2)38)13-22-27(25)34(43)29-28(32(22)41)31(40)21-5-4-6-24(45-3)26(21)33(29)42/h4-10,16,20,23,25,30,37,39,41,43-44H,11-15H2,1-3H3/t16?,20?,23?,25-,30?,35-/m0/s1. The summed E-state index contributed by atoms with van der Waals surface area (Å²) in [6, 6.07) is 10.0. The van der Waals surface area contributed by atoms with Crippen LogP contribution in [0, 0.1) is 11.7 Å². The number of benzene rings is 3. The van der Waals surface area contributed by atoms with Gasteiger partial charge in [0.1, 0.15) is 28.7 Å². The number of fused-ring (bicyclic) bond motifs is 3. The molecule has 0 aliphatic heterocycles. The van der Waals surface area contributed by atoms with Gasteiger partial charge in [-0.1, -0.05) is 31.2 Å². The van der Waals surface area contributed by atoms with E-state index in [4.69, 9.17) is 9.47 Å². The van der Waals surface area contributed by atoms with Crippen molar-refractivity contribution in [2.75, 3.05) is 7.11 Å². The van der Waals surface area contributed by atoms with Gasteiger partial charge in [0.15, 0.2) is 11.6 Å². The number of ether oxygens (including phenoxy) is 2. The number of nitrogens with one attached hydrogen (secondary N) is 1. The Hall–Kier alpha value is -4.16. The van der Waals surface area contributed by atoms with Crippen molar-refractivity contribution in [1.29, 1.82) is 0 Å². The molecule has 0 saturated heterocycles. The molecule has 1 fully saturated rings. The molecule has 3 aliphatic rings. The van der Waals surface area contributed by atoms with E-state index in [-0.39, 0.29) is 46.2 Å². The van der Waals surface area contributed by atoms with Crippen molar-refractivity contribution in [3.8, 4) is 17.2 Å². The summed E-state index contributed by atoms with van der Waals surface area (Å²) >= 11 is 0. The van der Waals surface area contributed by atoms with Crippen LogP contribution in [-0.2, 0) is 22.5 Å². The smallest absolute Gasteiger partial charge is 0.202 e. The number of phenolic OH excluding ortho intramolecular Hbond substituents is 2. The zero-order valence-electron chi connectivity index (χ0n) is 25.7. The maximum Gasteiger partial charge on any atom is 0.202 e. The molecule has 5 N–H and O–H groups in total. The Labute approximate surface area is 264 Å². The number of ketones is 3. The van der Waals surface area contributed by atoms with Crippen LogP contribution >= 0.6 is 0 Å². The number of Topliss-reactive ketones (excluding diaryl/α,β-unsaturated/α-hetero) is 1. The number of aliphatic hydroxyl groups excluding tert-OH is 1. The van der Waals surface area contributed by atoms with Crippen LogP contribution in [0.15, 0.2) is 42.5 Å². The molecular formula is C35H36FNO9. The van der Waals surface area contributed by atoms with E-state index in [1.54, 1.807) is 12.1 Å².